The van der Waals surface area contributed by atoms with Gasteiger partial charge in [-0.1, -0.05) is 18.9 Å². The average Bonchev–Trinajstić information content (AvgIpc) is 3.22. The highest BCUT2D eigenvalue weighted by atomic mass is 32.2. The van der Waals surface area contributed by atoms with Crippen LogP contribution in [0.1, 0.15) is 56.8 Å². The lowest BCUT2D eigenvalue weighted by Crippen LogP contribution is -2.53. The zero-order valence-corrected chi connectivity index (χ0v) is 14.7. The number of nitrogens with one attached hydrogen (secondary N) is 1. The van der Waals surface area contributed by atoms with Gasteiger partial charge in [0.15, 0.2) is 11.5 Å². The van der Waals surface area contributed by atoms with Crippen LogP contribution < -0.4 is 5.32 Å². The minimum atomic E-state index is 0.308. The first kappa shape index (κ1) is 15.5. The molecule has 2 fully saturated rings. The van der Waals surface area contributed by atoms with Crippen molar-refractivity contribution in [2.24, 2.45) is 5.41 Å². The van der Waals surface area contributed by atoms with Crippen LogP contribution in [0, 0.1) is 5.41 Å². The molecule has 4 rings (SSSR count). The van der Waals surface area contributed by atoms with Gasteiger partial charge in [0.25, 0.3) is 0 Å². The molecule has 2 aromatic heterocycles. The predicted octanol–water partition coefficient (Wildman–Crippen LogP) is 3.84. The molecule has 124 valence electrons. The third-order valence-corrected chi connectivity index (χ3v) is 6.58. The highest BCUT2D eigenvalue weighted by molar-refractivity contribution is 7.98. The molecule has 0 unspecified atom stereocenters. The molecule has 23 heavy (non-hydrogen) atoms. The Labute approximate surface area is 142 Å². The molecule has 2 aromatic rings. The average molecular weight is 331 g/mol. The number of thioether (sulfide) groups is 1. The molecule has 0 amide bonds. The molecule has 4 nitrogen and oxygen atoms in total. The van der Waals surface area contributed by atoms with Crippen LogP contribution in [0.5, 0.6) is 0 Å². The Bertz CT molecular complexity index is 662. The monoisotopic (exact) mass is 330 g/mol. The van der Waals surface area contributed by atoms with Crippen molar-refractivity contribution >= 4 is 17.4 Å². The fourth-order valence-corrected chi connectivity index (χ4v) is 4.97. The van der Waals surface area contributed by atoms with Crippen LogP contribution in [-0.2, 0) is 0 Å². The van der Waals surface area contributed by atoms with Crippen molar-refractivity contribution < 1.29 is 0 Å². The molecule has 2 aliphatic carbocycles. The Morgan fingerprint density at radius 3 is 2.91 bits per heavy atom. The maximum Gasteiger partial charge on any atom is 0.160 e. The molecule has 2 aliphatic rings. The zero-order chi connectivity index (χ0) is 15.7. The van der Waals surface area contributed by atoms with Gasteiger partial charge in [-0.05, 0) is 61.7 Å². The number of nitrogens with zero attached hydrogens (tertiary/aromatic N) is 3. The smallest absolute Gasteiger partial charge is 0.160 e. The summed E-state index contributed by atoms with van der Waals surface area (Å²) < 4.78 is 2.15. The summed E-state index contributed by atoms with van der Waals surface area (Å²) in [4.78, 5) is 0. The van der Waals surface area contributed by atoms with Gasteiger partial charge in [0.1, 0.15) is 0 Å². The van der Waals surface area contributed by atoms with E-state index in [-0.39, 0.29) is 0 Å². The Morgan fingerprint density at radius 1 is 1.30 bits per heavy atom. The Hall–Kier alpha value is -1.07. The van der Waals surface area contributed by atoms with E-state index in [9.17, 15) is 0 Å². The van der Waals surface area contributed by atoms with Crippen LogP contribution in [0.2, 0.25) is 0 Å². The first-order valence-corrected chi connectivity index (χ1v) is 10.3. The standard InChI is InChI=1S/C18H26N4S/c1-23-13-8-14(17-21-20-16-6-2-5-12-22(16)17)19-15-7-11-18(15)9-3-4-10-18/h2,5-6,12,14-15,19H,3-4,7-11,13H2,1H3/t14-,15+/m1/s1. The highest BCUT2D eigenvalue weighted by Crippen LogP contribution is 2.53. The number of rotatable bonds is 6. The van der Waals surface area contributed by atoms with Crippen molar-refractivity contribution in [1.82, 2.24) is 19.9 Å². The lowest BCUT2D eigenvalue weighted by Gasteiger charge is -2.49. The number of hydrogen-bond donors (Lipinski definition) is 1. The summed E-state index contributed by atoms with van der Waals surface area (Å²) in [7, 11) is 0. The zero-order valence-electron chi connectivity index (χ0n) is 13.9. The van der Waals surface area contributed by atoms with Crippen LogP contribution in [0.4, 0.5) is 0 Å². The second-order valence-electron chi connectivity index (χ2n) is 7.15. The molecular weight excluding hydrogens is 304 g/mol. The van der Waals surface area contributed by atoms with E-state index in [4.69, 9.17) is 0 Å². The van der Waals surface area contributed by atoms with Crippen LogP contribution in [0.25, 0.3) is 5.65 Å². The van der Waals surface area contributed by atoms with Gasteiger partial charge in [0.05, 0.1) is 6.04 Å². The van der Waals surface area contributed by atoms with Crippen molar-refractivity contribution in [2.45, 2.75) is 57.0 Å². The molecule has 1 spiro atoms. The lowest BCUT2D eigenvalue weighted by molar-refractivity contribution is 0.0620. The largest absolute Gasteiger partial charge is 0.304 e. The number of pyridine rings is 1. The fourth-order valence-electron chi connectivity index (χ4n) is 4.50. The predicted molar refractivity (Wildman–Crippen MR) is 95.8 cm³/mol. The summed E-state index contributed by atoms with van der Waals surface area (Å²) in [5, 5.41) is 12.8. The quantitative estimate of drug-likeness (QED) is 0.874. The topological polar surface area (TPSA) is 42.2 Å². The van der Waals surface area contributed by atoms with Crippen molar-refractivity contribution in [2.75, 3.05) is 12.0 Å². The maximum atomic E-state index is 4.52. The van der Waals surface area contributed by atoms with Crippen molar-refractivity contribution in [3.63, 3.8) is 0 Å². The van der Waals surface area contributed by atoms with E-state index in [0.29, 0.717) is 17.5 Å². The molecule has 0 aromatic carbocycles. The molecule has 0 aliphatic heterocycles. The molecule has 2 heterocycles. The van der Waals surface area contributed by atoms with E-state index in [2.05, 4.69) is 38.4 Å². The summed E-state index contributed by atoms with van der Waals surface area (Å²) in [6.45, 7) is 0. The summed E-state index contributed by atoms with van der Waals surface area (Å²) in [5.41, 5.74) is 1.54. The number of aromatic nitrogens is 3. The maximum absolute atomic E-state index is 4.52. The highest BCUT2D eigenvalue weighted by Gasteiger charge is 2.48. The third-order valence-electron chi connectivity index (χ3n) is 5.93. The molecule has 0 saturated heterocycles. The van der Waals surface area contributed by atoms with Crippen molar-refractivity contribution in [3.8, 4) is 0 Å². The Balaban J connectivity index is 1.57. The number of fused-ring (bicyclic) bond motifs is 1. The van der Waals surface area contributed by atoms with Gasteiger partial charge in [-0.15, -0.1) is 10.2 Å². The second-order valence-corrected chi connectivity index (χ2v) is 8.13. The summed E-state index contributed by atoms with van der Waals surface area (Å²) >= 11 is 1.91. The normalized spacial score (nSPS) is 24.1. The fraction of sp³-hybridized carbons (Fsp3) is 0.667. The summed E-state index contributed by atoms with van der Waals surface area (Å²) in [6.07, 6.45) is 13.8. The molecule has 0 bridgehead atoms. The lowest BCUT2D eigenvalue weighted by atomic mass is 9.63. The van der Waals surface area contributed by atoms with Crippen LogP contribution in [0.3, 0.4) is 0 Å². The van der Waals surface area contributed by atoms with Crippen LogP contribution in [0.15, 0.2) is 24.4 Å². The van der Waals surface area contributed by atoms with Gasteiger partial charge in [-0.25, -0.2) is 0 Å². The molecule has 2 atom stereocenters. The molecular formula is C18H26N4S. The molecule has 0 radical (unpaired) electrons. The van der Waals surface area contributed by atoms with Gasteiger partial charge >= 0.3 is 0 Å². The minimum absolute atomic E-state index is 0.308. The van der Waals surface area contributed by atoms with Gasteiger partial charge in [0.2, 0.25) is 0 Å². The molecule has 5 heteroatoms. The first-order valence-electron chi connectivity index (χ1n) is 8.87. The third kappa shape index (κ3) is 2.78. The second kappa shape index (κ2) is 6.44. The Kier molecular flexibility index (Phi) is 4.33. The van der Waals surface area contributed by atoms with Crippen LogP contribution in [-0.4, -0.2) is 32.6 Å². The SMILES string of the molecule is CSCC[C@@H](N[C@H]1CCC12CCCC2)c1nnc2ccccn12. The minimum Gasteiger partial charge on any atom is -0.304 e. The van der Waals surface area contributed by atoms with Gasteiger partial charge in [0, 0.05) is 12.2 Å². The Morgan fingerprint density at radius 2 is 2.17 bits per heavy atom. The van der Waals surface area contributed by atoms with Gasteiger partial charge in [-0.3, -0.25) is 4.40 Å². The van der Waals surface area contributed by atoms with E-state index in [1.165, 1.54) is 38.5 Å². The first-order chi connectivity index (χ1) is 11.3. The van der Waals surface area contributed by atoms with Gasteiger partial charge in [-0.2, -0.15) is 11.8 Å². The van der Waals surface area contributed by atoms with Crippen molar-refractivity contribution in [1.29, 1.82) is 0 Å². The molecule has 2 saturated carbocycles. The van der Waals surface area contributed by atoms with E-state index in [1.54, 1.807) is 0 Å². The van der Waals surface area contributed by atoms with E-state index >= 15 is 0 Å². The van der Waals surface area contributed by atoms with E-state index in [1.807, 2.05) is 23.9 Å². The van der Waals surface area contributed by atoms with E-state index < -0.39 is 0 Å². The summed E-state index contributed by atoms with van der Waals surface area (Å²) in [5.74, 6) is 2.23. The van der Waals surface area contributed by atoms with Crippen molar-refractivity contribution in [3.05, 3.63) is 30.2 Å². The van der Waals surface area contributed by atoms with Gasteiger partial charge < -0.3 is 5.32 Å². The summed E-state index contributed by atoms with van der Waals surface area (Å²) in [6, 6.07) is 7.10. The number of hydrogen-bond acceptors (Lipinski definition) is 4. The molecule has 1 N–H and O–H groups in total. The van der Waals surface area contributed by atoms with Crippen LogP contribution >= 0.6 is 11.8 Å². The van der Waals surface area contributed by atoms with E-state index in [0.717, 1.165) is 23.6 Å².